The summed E-state index contributed by atoms with van der Waals surface area (Å²) in [5, 5.41) is 8.66. The molecule has 0 radical (unpaired) electrons. The number of para-hydroxylation sites is 1. The quantitative estimate of drug-likeness (QED) is 0.371. The van der Waals surface area contributed by atoms with Crippen LogP contribution < -0.4 is 14.2 Å². The van der Waals surface area contributed by atoms with Gasteiger partial charge in [0.15, 0.2) is 5.82 Å². The van der Waals surface area contributed by atoms with Crippen LogP contribution in [0.2, 0.25) is 0 Å². The highest BCUT2D eigenvalue weighted by atomic mass is 16.5. The van der Waals surface area contributed by atoms with Crippen LogP contribution in [0, 0.1) is 0 Å². The summed E-state index contributed by atoms with van der Waals surface area (Å²) >= 11 is 0. The molecule has 0 N–H and O–H groups in total. The minimum atomic E-state index is -0.108. The topological polar surface area (TPSA) is 105 Å². The van der Waals surface area contributed by atoms with E-state index in [1.165, 1.54) is 0 Å². The number of aryl methyl sites for hydroxylation is 1. The molecule has 1 saturated heterocycles. The molecule has 0 aliphatic carbocycles. The van der Waals surface area contributed by atoms with Gasteiger partial charge in [-0.1, -0.05) is 23.4 Å². The average Bonchev–Trinajstić information content (AvgIpc) is 3.49. The highest BCUT2D eigenvalue weighted by Gasteiger charge is 2.37. The van der Waals surface area contributed by atoms with E-state index in [9.17, 15) is 4.79 Å². The molecular formula is C26H27N5O5. The molecule has 3 heterocycles. The lowest BCUT2D eigenvalue weighted by molar-refractivity contribution is 0.0558. The molecule has 2 aromatic carbocycles. The van der Waals surface area contributed by atoms with Crippen molar-refractivity contribution in [3.8, 4) is 28.5 Å². The Bertz CT molecular complexity index is 1390. The number of methoxy groups -OCH3 is 3. The minimum absolute atomic E-state index is 0.000884. The summed E-state index contributed by atoms with van der Waals surface area (Å²) in [5.74, 6) is 3.13. The Morgan fingerprint density at radius 3 is 2.56 bits per heavy atom. The third-order valence-electron chi connectivity index (χ3n) is 6.32. The van der Waals surface area contributed by atoms with E-state index in [0.29, 0.717) is 54.1 Å². The number of rotatable bonds is 8. The van der Waals surface area contributed by atoms with Gasteiger partial charge in [0.05, 0.1) is 32.9 Å². The SMILES string of the molecule is COc1ccc(OC)c(-c2cc(C(=O)N3CC(c4nc(Cc5ccccc5OC)no4)C3)n(C)n2)c1. The zero-order chi connectivity index (χ0) is 25.2. The van der Waals surface area contributed by atoms with Crippen LogP contribution in [-0.2, 0) is 13.5 Å². The second-order valence-corrected chi connectivity index (χ2v) is 8.55. The molecule has 10 nitrogen and oxygen atoms in total. The van der Waals surface area contributed by atoms with Crippen molar-refractivity contribution in [1.29, 1.82) is 0 Å². The standard InChI is InChI=1S/C26H27N5O5/c1-30-21(13-20(28-30)19-12-18(33-2)9-10-23(19)35-4)26(32)31-14-17(15-31)25-27-24(29-36-25)11-16-7-5-6-8-22(16)34-3/h5-10,12-13,17H,11,14-15H2,1-4H3. The Kier molecular flexibility index (Phi) is 6.32. The van der Waals surface area contributed by atoms with E-state index in [0.717, 1.165) is 16.9 Å². The number of nitrogens with zero attached hydrogens (tertiary/aromatic N) is 5. The number of amides is 1. The third kappa shape index (κ3) is 4.37. The lowest BCUT2D eigenvalue weighted by Crippen LogP contribution is -2.49. The smallest absolute Gasteiger partial charge is 0.272 e. The van der Waals surface area contributed by atoms with Gasteiger partial charge < -0.3 is 23.6 Å². The second-order valence-electron chi connectivity index (χ2n) is 8.55. The van der Waals surface area contributed by atoms with E-state index in [-0.39, 0.29) is 11.8 Å². The Balaban J connectivity index is 1.26. The largest absolute Gasteiger partial charge is 0.497 e. The van der Waals surface area contributed by atoms with Gasteiger partial charge in [0.25, 0.3) is 5.91 Å². The maximum absolute atomic E-state index is 13.2. The Morgan fingerprint density at radius 1 is 1.03 bits per heavy atom. The van der Waals surface area contributed by atoms with Gasteiger partial charge in [-0.3, -0.25) is 9.48 Å². The number of hydrogen-bond acceptors (Lipinski definition) is 8. The molecule has 5 rings (SSSR count). The predicted octanol–water partition coefficient (Wildman–Crippen LogP) is 3.33. The van der Waals surface area contributed by atoms with Gasteiger partial charge in [0.2, 0.25) is 5.89 Å². The monoisotopic (exact) mass is 489 g/mol. The zero-order valence-electron chi connectivity index (χ0n) is 20.6. The van der Waals surface area contributed by atoms with Crippen molar-refractivity contribution in [2.24, 2.45) is 7.05 Å². The van der Waals surface area contributed by atoms with Gasteiger partial charge in [-0.15, -0.1) is 0 Å². The highest BCUT2D eigenvalue weighted by Crippen LogP contribution is 2.34. The van der Waals surface area contributed by atoms with Crippen LogP contribution in [0.15, 0.2) is 53.1 Å². The average molecular weight is 490 g/mol. The van der Waals surface area contributed by atoms with Crippen LogP contribution in [0.5, 0.6) is 17.2 Å². The number of likely N-dealkylation sites (tertiary alicyclic amines) is 1. The van der Waals surface area contributed by atoms with E-state index in [2.05, 4.69) is 15.2 Å². The van der Waals surface area contributed by atoms with E-state index in [1.54, 1.807) is 44.0 Å². The van der Waals surface area contributed by atoms with Crippen molar-refractivity contribution >= 4 is 5.91 Å². The van der Waals surface area contributed by atoms with Gasteiger partial charge in [0.1, 0.15) is 22.9 Å². The van der Waals surface area contributed by atoms with Gasteiger partial charge in [0, 0.05) is 37.7 Å². The number of aromatic nitrogens is 4. The Morgan fingerprint density at radius 2 is 1.81 bits per heavy atom. The summed E-state index contributed by atoms with van der Waals surface area (Å²) in [6.45, 7) is 0.996. The fourth-order valence-electron chi connectivity index (χ4n) is 4.30. The summed E-state index contributed by atoms with van der Waals surface area (Å²) in [4.78, 5) is 19.5. The van der Waals surface area contributed by atoms with Crippen molar-refractivity contribution < 1.29 is 23.5 Å². The number of hydrogen-bond donors (Lipinski definition) is 0. The molecule has 0 spiro atoms. The van der Waals surface area contributed by atoms with E-state index in [4.69, 9.17) is 18.7 Å². The Hall–Kier alpha value is -4.34. The summed E-state index contributed by atoms with van der Waals surface area (Å²) < 4.78 is 23.3. The first kappa shape index (κ1) is 23.4. The van der Waals surface area contributed by atoms with Crippen molar-refractivity contribution in [2.45, 2.75) is 12.3 Å². The van der Waals surface area contributed by atoms with Crippen molar-refractivity contribution in [2.75, 3.05) is 34.4 Å². The third-order valence-corrected chi connectivity index (χ3v) is 6.32. The lowest BCUT2D eigenvalue weighted by Gasteiger charge is -2.36. The highest BCUT2D eigenvalue weighted by molar-refractivity contribution is 5.94. The fraction of sp³-hybridized carbons (Fsp3) is 0.308. The first-order valence-electron chi connectivity index (χ1n) is 11.5. The van der Waals surface area contributed by atoms with Crippen LogP contribution in [0.3, 0.4) is 0 Å². The Labute approximate surface area is 208 Å². The minimum Gasteiger partial charge on any atom is -0.497 e. The molecule has 0 saturated carbocycles. The molecule has 0 bridgehead atoms. The van der Waals surface area contributed by atoms with Crippen LogP contribution in [-0.4, -0.2) is 65.1 Å². The van der Waals surface area contributed by atoms with E-state index < -0.39 is 0 Å². The van der Waals surface area contributed by atoms with Gasteiger partial charge in [-0.2, -0.15) is 10.1 Å². The summed E-state index contributed by atoms with van der Waals surface area (Å²) in [6, 6.07) is 15.0. The van der Waals surface area contributed by atoms with Gasteiger partial charge in [-0.05, 0) is 30.3 Å². The lowest BCUT2D eigenvalue weighted by atomic mass is 9.99. The van der Waals surface area contributed by atoms with Crippen LogP contribution in [0.1, 0.15) is 33.7 Å². The van der Waals surface area contributed by atoms with Crippen LogP contribution in [0.25, 0.3) is 11.3 Å². The molecule has 1 fully saturated rings. The first-order chi connectivity index (χ1) is 17.5. The maximum atomic E-state index is 13.2. The summed E-state index contributed by atoms with van der Waals surface area (Å²) in [6.07, 6.45) is 0.508. The van der Waals surface area contributed by atoms with E-state index >= 15 is 0 Å². The fourth-order valence-corrected chi connectivity index (χ4v) is 4.30. The molecule has 4 aromatic rings. The molecule has 0 atom stereocenters. The van der Waals surface area contributed by atoms with E-state index in [1.807, 2.05) is 42.5 Å². The second kappa shape index (κ2) is 9.73. The van der Waals surface area contributed by atoms with Gasteiger partial charge >= 0.3 is 0 Å². The van der Waals surface area contributed by atoms with Crippen LogP contribution in [0.4, 0.5) is 0 Å². The number of carbonyl (C=O) groups is 1. The van der Waals surface area contributed by atoms with Crippen molar-refractivity contribution in [3.63, 3.8) is 0 Å². The first-order valence-corrected chi connectivity index (χ1v) is 11.5. The zero-order valence-corrected chi connectivity index (χ0v) is 20.6. The number of ether oxygens (including phenoxy) is 3. The van der Waals surface area contributed by atoms with Crippen LogP contribution >= 0.6 is 0 Å². The normalized spacial score (nSPS) is 13.4. The molecule has 1 amide bonds. The summed E-state index contributed by atoms with van der Waals surface area (Å²) in [5.41, 5.74) is 2.85. The summed E-state index contributed by atoms with van der Waals surface area (Å²) in [7, 11) is 6.59. The molecular weight excluding hydrogens is 462 g/mol. The maximum Gasteiger partial charge on any atom is 0.272 e. The number of benzene rings is 2. The predicted molar refractivity (Wildman–Crippen MR) is 130 cm³/mol. The van der Waals surface area contributed by atoms with Crippen molar-refractivity contribution in [3.05, 3.63) is 71.5 Å². The van der Waals surface area contributed by atoms with Gasteiger partial charge in [-0.25, -0.2) is 0 Å². The molecule has 36 heavy (non-hydrogen) atoms. The molecule has 10 heteroatoms. The molecule has 2 aromatic heterocycles. The molecule has 1 aliphatic rings. The number of carbonyl (C=O) groups excluding carboxylic acids is 1. The molecule has 186 valence electrons. The van der Waals surface area contributed by atoms with Crippen molar-refractivity contribution in [1.82, 2.24) is 24.8 Å². The molecule has 1 aliphatic heterocycles. The molecule has 0 unspecified atom stereocenters.